The lowest BCUT2D eigenvalue weighted by molar-refractivity contribution is 0.789. The minimum Gasteiger partial charge on any atom is -0.199 e. The van der Waals surface area contributed by atoms with Crippen molar-refractivity contribution in [2.24, 2.45) is 0 Å². The highest BCUT2D eigenvalue weighted by atomic mass is 15.4. The smallest absolute Gasteiger partial charge is 0.199 e. The maximum atomic E-state index is 4.01. The second-order valence-corrected chi connectivity index (χ2v) is 2.91. The van der Waals surface area contributed by atoms with Crippen LogP contribution in [0.1, 0.15) is 25.5 Å². The summed E-state index contributed by atoms with van der Waals surface area (Å²) >= 11 is 0. The molecule has 0 aliphatic heterocycles. The van der Waals surface area contributed by atoms with E-state index in [1.807, 2.05) is 0 Å². The van der Waals surface area contributed by atoms with Crippen LogP contribution in [0.5, 0.6) is 0 Å². The predicted octanol–water partition coefficient (Wildman–Crippen LogP) is 0.643. The monoisotopic (exact) mass is 163 g/mol. The van der Waals surface area contributed by atoms with Gasteiger partial charge in [0.25, 0.3) is 0 Å². The van der Waals surface area contributed by atoms with E-state index in [9.17, 15) is 0 Å². The molecule has 5 heteroatoms. The molecule has 0 radical (unpaired) electrons. The molecule has 0 unspecified atom stereocenters. The van der Waals surface area contributed by atoms with E-state index in [-0.39, 0.29) is 0 Å². The Bertz CT molecular complexity index is 391. The fraction of sp³-hybridized carbons (Fsp3) is 0.429. The van der Waals surface area contributed by atoms with Crippen molar-refractivity contribution in [3.8, 4) is 0 Å². The van der Waals surface area contributed by atoms with Gasteiger partial charge in [-0.3, -0.25) is 0 Å². The first-order valence-corrected chi connectivity index (χ1v) is 3.81. The van der Waals surface area contributed by atoms with E-state index in [1.54, 1.807) is 16.9 Å². The summed E-state index contributed by atoms with van der Waals surface area (Å²) in [6.07, 6.45) is 3.33. The van der Waals surface area contributed by atoms with Crippen LogP contribution in [0.15, 0.2) is 12.4 Å². The molecule has 0 atom stereocenters. The Morgan fingerprint density at radius 1 is 1.33 bits per heavy atom. The van der Waals surface area contributed by atoms with Crippen LogP contribution in [0.3, 0.4) is 0 Å². The molecule has 0 aliphatic rings. The van der Waals surface area contributed by atoms with Gasteiger partial charge in [-0.25, -0.2) is 0 Å². The third-order valence-electron chi connectivity index (χ3n) is 1.67. The summed E-state index contributed by atoms with van der Waals surface area (Å²) in [5.41, 5.74) is 1.63. The Balaban J connectivity index is 2.70. The number of nitrogens with zero attached hydrogens (tertiary/aromatic N) is 5. The molecule has 0 aliphatic carbocycles. The first-order valence-electron chi connectivity index (χ1n) is 3.81. The average molecular weight is 163 g/mol. The second kappa shape index (κ2) is 2.51. The zero-order valence-corrected chi connectivity index (χ0v) is 6.97. The summed E-state index contributed by atoms with van der Waals surface area (Å²) in [4.78, 5) is 0. The minimum atomic E-state index is 0.333. The molecule has 0 saturated carbocycles. The summed E-state index contributed by atoms with van der Waals surface area (Å²) in [5, 5.41) is 15.6. The van der Waals surface area contributed by atoms with Crippen molar-refractivity contribution in [3.63, 3.8) is 0 Å². The maximum absolute atomic E-state index is 4.01. The Kier molecular flexibility index (Phi) is 1.49. The van der Waals surface area contributed by atoms with E-state index in [0.29, 0.717) is 5.92 Å². The molecule has 12 heavy (non-hydrogen) atoms. The molecule has 0 spiro atoms. The van der Waals surface area contributed by atoms with Crippen molar-refractivity contribution in [2.45, 2.75) is 19.8 Å². The normalized spacial score (nSPS) is 11.2. The second-order valence-electron chi connectivity index (χ2n) is 2.91. The van der Waals surface area contributed by atoms with Crippen LogP contribution < -0.4 is 0 Å². The molecule has 0 saturated heterocycles. The van der Waals surface area contributed by atoms with Gasteiger partial charge in [0.2, 0.25) is 5.65 Å². The molecule has 0 aromatic carbocycles. The lowest BCUT2D eigenvalue weighted by Gasteiger charge is -1.96. The number of fused-ring (bicyclic) bond motifs is 1. The third kappa shape index (κ3) is 0.939. The molecule has 62 valence electrons. The minimum absolute atomic E-state index is 0.333. The molecule has 0 bridgehead atoms. The predicted molar refractivity (Wildman–Crippen MR) is 42.7 cm³/mol. The maximum Gasteiger partial charge on any atom is 0.200 e. The Morgan fingerprint density at radius 2 is 2.17 bits per heavy atom. The Hall–Kier alpha value is -1.52. The van der Waals surface area contributed by atoms with Gasteiger partial charge in [0.05, 0.1) is 12.4 Å². The van der Waals surface area contributed by atoms with E-state index in [4.69, 9.17) is 0 Å². The van der Waals surface area contributed by atoms with Crippen molar-refractivity contribution in [1.29, 1.82) is 0 Å². The number of hydrogen-bond acceptors (Lipinski definition) is 4. The standard InChI is InChI=1S/C7H9N5/c1-5(2)6-7-10-8-3-4-12(7)11-9-6/h3-5H,1-2H3. The van der Waals surface area contributed by atoms with Crippen LogP contribution in [-0.4, -0.2) is 25.0 Å². The molecule has 0 N–H and O–H groups in total. The van der Waals surface area contributed by atoms with Crippen molar-refractivity contribution >= 4 is 5.65 Å². The van der Waals surface area contributed by atoms with Gasteiger partial charge in [-0.2, -0.15) is 9.61 Å². The van der Waals surface area contributed by atoms with Gasteiger partial charge in [-0.1, -0.05) is 19.1 Å². The van der Waals surface area contributed by atoms with Gasteiger partial charge in [-0.15, -0.1) is 10.2 Å². The first-order chi connectivity index (χ1) is 5.79. The average Bonchev–Trinajstić information content (AvgIpc) is 2.47. The van der Waals surface area contributed by atoms with E-state index in [0.717, 1.165) is 11.3 Å². The third-order valence-corrected chi connectivity index (χ3v) is 1.67. The van der Waals surface area contributed by atoms with Crippen molar-refractivity contribution in [3.05, 3.63) is 18.1 Å². The highest BCUT2D eigenvalue weighted by Crippen LogP contribution is 2.13. The zero-order chi connectivity index (χ0) is 8.55. The number of rotatable bonds is 1. The fourth-order valence-electron chi connectivity index (χ4n) is 1.05. The summed E-state index contributed by atoms with van der Waals surface area (Å²) in [6.45, 7) is 4.11. The van der Waals surface area contributed by atoms with Gasteiger partial charge >= 0.3 is 0 Å². The lowest BCUT2D eigenvalue weighted by atomic mass is 10.1. The quantitative estimate of drug-likeness (QED) is 0.619. The van der Waals surface area contributed by atoms with Crippen molar-refractivity contribution < 1.29 is 0 Å². The SMILES string of the molecule is CC(C)c1nnn2ccnnc12. The van der Waals surface area contributed by atoms with Crippen LogP contribution in [0.2, 0.25) is 0 Å². The van der Waals surface area contributed by atoms with E-state index < -0.39 is 0 Å². The summed E-state index contributed by atoms with van der Waals surface area (Å²) in [5.74, 6) is 0.333. The van der Waals surface area contributed by atoms with Gasteiger partial charge < -0.3 is 0 Å². The van der Waals surface area contributed by atoms with E-state index >= 15 is 0 Å². The topological polar surface area (TPSA) is 56.0 Å². The van der Waals surface area contributed by atoms with Crippen LogP contribution in [0, 0.1) is 0 Å². The molecule has 5 nitrogen and oxygen atoms in total. The summed E-state index contributed by atoms with van der Waals surface area (Å²) in [7, 11) is 0. The zero-order valence-electron chi connectivity index (χ0n) is 6.97. The van der Waals surface area contributed by atoms with E-state index in [2.05, 4.69) is 34.4 Å². The molecule has 2 aromatic rings. The summed E-state index contributed by atoms with van der Waals surface area (Å²) in [6, 6.07) is 0. The van der Waals surface area contributed by atoms with Crippen LogP contribution in [-0.2, 0) is 0 Å². The van der Waals surface area contributed by atoms with Crippen LogP contribution in [0.25, 0.3) is 5.65 Å². The number of hydrogen-bond donors (Lipinski definition) is 0. The molecule has 2 rings (SSSR count). The van der Waals surface area contributed by atoms with Gasteiger partial charge in [0.1, 0.15) is 5.69 Å². The van der Waals surface area contributed by atoms with Crippen molar-refractivity contribution in [1.82, 2.24) is 25.0 Å². The largest absolute Gasteiger partial charge is 0.200 e. The summed E-state index contributed by atoms with van der Waals surface area (Å²) < 4.78 is 1.63. The molecular weight excluding hydrogens is 154 g/mol. The Morgan fingerprint density at radius 3 is 2.92 bits per heavy atom. The fourth-order valence-corrected chi connectivity index (χ4v) is 1.05. The first kappa shape index (κ1) is 7.15. The van der Waals surface area contributed by atoms with Crippen molar-refractivity contribution in [2.75, 3.05) is 0 Å². The van der Waals surface area contributed by atoms with Crippen LogP contribution in [0.4, 0.5) is 0 Å². The lowest BCUT2D eigenvalue weighted by Crippen LogP contribution is -1.93. The Labute approximate surface area is 69.4 Å². The van der Waals surface area contributed by atoms with Crippen LogP contribution >= 0.6 is 0 Å². The molecule has 0 fully saturated rings. The van der Waals surface area contributed by atoms with Gasteiger partial charge in [0, 0.05) is 5.92 Å². The molecule has 2 heterocycles. The highest BCUT2D eigenvalue weighted by molar-refractivity contribution is 5.41. The molecular formula is C7H9N5. The molecule has 2 aromatic heterocycles. The van der Waals surface area contributed by atoms with E-state index in [1.165, 1.54) is 0 Å². The molecule has 0 amide bonds. The van der Waals surface area contributed by atoms with Gasteiger partial charge in [0.15, 0.2) is 0 Å². The number of aromatic nitrogens is 5. The van der Waals surface area contributed by atoms with Gasteiger partial charge in [-0.05, 0) is 0 Å². The highest BCUT2D eigenvalue weighted by Gasteiger charge is 2.10.